The Morgan fingerprint density at radius 2 is 1.50 bits per heavy atom. The summed E-state index contributed by atoms with van der Waals surface area (Å²) >= 11 is 0. The molecular weight excluding hydrogens is 142 g/mol. The molecule has 0 saturated carbocycles. The monoisotopic (exact) mass is 149 g/mol. The normalized spacial score (nSPS) is 2.00. The van der Waals surface area contributed by atoms with Gasteiger partial charge in [-0.1, -0.05) is 0 Å². The second kappa shape index (κ2) is 28.7. The van der Waals surface area contributed by atoms with Crippen LogP contribution in [0.2, 0.25) is 0 Å². The van der Waals surface area contributed by atoms with Crippen LogP contribution in [0.5, 0.6) is 0 Å². The second-order valence-electron chi connectivity index (χ2n) is 0.0816. The van der Waals surface area contributed by atoms with Gasteiger partial charge in [-0.05, 0) is 0 Å². The van der Waals surface area contributed by atoms with Crippen molar-refractivity contribution in [2.45, 2.75) is 0 Å². The van der Waals surface area contributed by atoms with Crippen molar-refractivity contribution in [2.24, 2.45) is 5.34 Å². The SMILES string of the molecule is O.O=NO.[Ca+2].[Ca+2].[H-].[H-].[H-].[H-]. The van der Waals surface area contributed by atoms with Gasteiger partial charge in [0.25, 0.3) is 0 Å². The Morgan fingerprint density at radius 3 is 1.50 bits per heavy atom. The van der Waals surface area contributed by atoms with Gasteiger partial charge in [-0.3, -0.25) is 0 Å². The summed E-state index contributed by atoms with van der Waals surface area (Å²) in [5.41, 5.74) is 0. The summed E-state index contributed by atoms with van der Waals surface area (Å²) < 4.78 is 0. The zero-order chi connectivity index (χ0) is 2.71. The maximum Gasteiger partial charge on any atom is 2.00 e. The van der Waals surface area contributed by atoms with E-state index in [-0.39, 0.29) is 86.7 Å². The van der Waals surface area contributed by atoms with E-state index < -0.39 is 0 Å². The summed E-state index contributed by atoms with van der Waals surface area (Å²) in [4.78, 5) is 8.11. The van der Waals surface area contributed by atoms with E-state index in [0.29, 0.717) is 0 Å². The summed E-state index contributed by atoms with van der Waals surface area (Å²) in [6.07, 6.45) is 0. The molecule has 0 radical (unpaired) electrons. The summed E-state index contributed by atoms with van der Waals surface area (Å²) in [7, 11) is 0. The molecule has 0 aliphatic carbocycles. The summed E-state index contributed by atoms with van der Waals surface area (Å²) in [6, 6.07) is 0. The quantitative estimate of drug-likeness (QED) is 0.272. The topological polar surface area (TPSA) is 81.2 Å². The average Bonchev–Trinajstić information content (AvgIpc) is 0.918. The van der Waals surface area contributed by atoms with Gasteiger partial charge in [0.1, 0.15) is 0 Å². The predicted molar refractivity (Wildman–Crippen MR) is 27.2 cm³/mol. The molecule has 0 aliphatic rings. The molecule has 0 spiro atoms. The van der Waals surface area contributed by atoms with Gasteiger partial charge in [0.2, 0.25) is 0 Å². The molecule has 0 bridgehead atoms. The van der Waals surface area contributed by atoms with E-state index in [0.717, 1.165) is 0 Å². The molecule has 34 valence electrons. The smallest absolute Gasteiger partial charge is 1.00 e. The van der Waals surface area contributed by atoms with Gasteiger partial charge in [-0.2, -0.15) is 0 Å². The van der Waals surface area contributed by atoms with Crippen LogP contribution in [0.4, 0.5) is 0 Å². The van der Waals surface area contributed by atoms with Crippen molar-refractivity contribution in [3.8, 4) is 0 Å². The fourth-order valence-electron chi connectivity index (χ4n) is 0. The van der Waals surface area contributed by atoms with E-state index in [1.807, 2.05) is 0 Å². The van der Waals surface area contributed by atoms with Crippen molar-refractivity contribution in [1.29, 1.82) is 0 Å². The number of rotatable bonds is 0. The molecule has 6 heavy (non-hydrogen) atoms. The molecule has 0 aromatic heterocycles. The van der Waals surface area contributed by atoms with Crippen molar-refractivity contribution < 1.29 is 16.4 Å². The molecule has 0 saturated heterocycles. The number of hydrogen-bond donors (Lipinski definition) is 1. The van der Waals surface area contributed by atoms with Gasteiger partial charge >= 0.3 is 75.5 Å². The molecule has 0 rings (SSSR count). The first-order chi connectivity index (χ1) is 1.41. The number of hydrogen-bond acceptors (Lipinski definition) is 2. The molecule has 0 amide bonds. The Labute approximate surface area is 100 Å². The Bertz CT molecular complexity index is 26.0. The molecule has 3 N–H and O–H groups in total. The van der Waals surface area contributed by atoms with E-state index in [1.165, 1.54) is 5.34 Å². The average molecular weight is 149 g/mol. The van der Waals surface area contributed by atoms with Crippen LogP contribution in [-0.2, 0) is 0 Å². The summed E-state index contributed by atoms with van der Waals surface area (Å²) in [5.74, 6) is 0. The molecule has 0 heterocycles. The van der Waals surface area contributed by atoms with Crippen molar-refractivity contribution >= 4 is 75.5 Å². The van der Waals surface area contributed by atoms with Crippen molar-refractivity contribution in [1.82, 2.24) is 0 Å². The fourth-order valence-corrected chi connectivity index (χ4v) is 0. The van der Waals surface area contributed by atoms with Crippen molar-refractivity contribution in [2.75, 3.05) is 0 Å². The molecular formula is H7Ca2NO3. The minimum atomic E-state index is 0. The maximum atomic E-state index is 8.11. The van der Waals surface area contributed by atoms with E-state index in [9.17, 15) is 0 Å². The molecule has 0 aromatic rings. The molecule has 0 unspecified atom stereocenters. The van der Waals surface area contributed by atoms with Gasteiger partial charge in [-0.25, -0.2) is 0 Å². The van der Waals surface area contributed by atoms with Crippen molar-refractivity contribution in [3.05, 3.63) is 4.91 Å². The van der Waals surface area contributed by atoms with Gasteiger partial charge < -0.3 is 16.4 Å². The Hall–Kier alpha value is 1.88. The minimum absolute atomic E-state index is 0. The first-order valence-corrected chi connectivity index (χ1v) is 0.383. The molecule has 0 aliphatic heterocycles. The molecule has 0 aromatic carbocycles. The molecule has 4 nitrogen and oxygen atoms in total. The van der Waals surface area contributed by atoms with Gasteiger partial charge in [0.15, 0.2) is 5.34 Å². The van der Waals surface area contributed by atoms with E-state index in [4.69, 9.17) is 10.1 Å². The Morgan fingerprint density at radius 1 is 1.50 bits per heavy atom. The summed E-state index contributed by atoms with van der Waals surface area (Å²) in [6.45, 7) is 0. The zero-order valence-electron chi connectivity index (χ0n) is 7.22. The van der Waals surface area contributed by atoms with Crippen molar-refractivity contribution in [3.63, 3.8) is 0 Å². The third-order valence-electron chi connectivity index (χ3n) is 0. The van der Waals surface area contributed by atoms with E-state index >= 15 is 0 Å². The zero-order valence-corrected chi connectivity index (χ0v) is 7.63. The third-order valence-corrected chi connectivity index (χ3v) is 0. The van der Waals surface area contributed by atoms with Crippen LogP contribution in [0.25, 0.3) is 0 Å². The first-order valence-electron chi connectivity index (χ1n) is 0.383. The predicted octanol–water partition coefficient (Wildman–Crippen LogP) is -0.994. The Kier molecular flexibility index (Phi) is 118. The van der Waals surface area contributed by atoms with Crippen LogP contribution in [0, 0.1) is 4.91 Å². The second-order valence-corrected chi connectivity index (χ2v) is 0.0816. The van der Waals surface area contributed by atoms with Crippen LogP contribution in [0.15, 0.2) is 5.34 Å². The standard InChI is InChI=1S/2Ca.HNO2.H2O.4H/c;;2-1-3;;;;;/h;;(H,2,3);1H2;;;;/q2*+2;;;4*-1. The van der Waals surface area contributed by atoms with Gasteiger partial charge in [-0.15, -0.1) is 4.91 Å². The molecule has 0 fully saturated rings. The van der Waals surface area contributed by atoms with Gasteiger partial charge in [0.05, 0.1) is 0 Å². The van der Waals surface area contributed by atoms with Crippen LogP contribution in [0.3, 0.4) is 0 Å². The largest absolute Gasteiger partial charge is 2.00 e. The van der Waals surface area contributed by atoms with E-state index in [2.05, 4.69) is 0 Å². The van der Waals surface area contributed by atoms with E-state index in [1.54, 1.807) is 0 Å². The molecule has 6 heteroatoms. The maximum absolute atomic E-state index is 8.11. The molecule has 0 atom stereocenters. The van der Waals surface area contributed by atoms with Gasteiger partial charge in [0, 0.05) is 0 Å². The van der Waals surface area contributed by atoms with Crippen LogP contribution < -0.4 is 0 Å². The fraction of sp³-hybridized carbons (Fsp3) is 0. The first kappa shape index (κ1) is 24.8. The van der Waals surface area contributed by atoms with Crippen LogP contribution in [0.1, 0.15) is 5.71 Å². The Balaban J connectivity index is -0.000000000952. The van der Waals surface area contributed by atoms with Crippen LogP contribution in [-0.4, -0.2) is 86.2 Å². The van der Waals surface area contributed by atoms with Crippen LogP contribution >= 0.6 is 0 Å². The number of nitrogens with zero attached hydrogens (tertiary/aromatic N) is 1. The minimum Gasteiger partial charge on any atom is -1.00 e. The summed E-state index contributed by atoms with van der Waals surface area (Å²) in [5, 5.41) is 7.89. The third kappa shape index (κ3) is 39.6.